The highest BCUT2D eigenvalue weighted by Gasteiger charge is 2.43. The second kappa shape index (κ2) is 6.49. The van der Waals surface area contributed by atoms with Gasteiger partial charge in [0.2, 0.25) is 18.1 Å². The van der Waals surface area contributed by atoms with Crippen molar-refractivity contribution in [2.24, 2.45) is 20.8 Å². The third kappa shape index (κ3) is 3.12. The number of carbonyl (C=O) groups excluding carboxylic acids is 1. The highest BCUT2D eigenvalue weighted by Crippen LogP contribution is 2.36. The number of carbonyl (C=O) groups is 1. The van der Waals surface area contributed by atoms with Crippen LogP contribution in [0.5, 0.6) is 0 Å². The monoisotopic (exact) mass is 359 g/mol. The lowest BCUT2D eigenvalue weighted by atomic mass is 10.1. The van der Waals surface area contributed by atoms with Crippen LogP contribution in [0.3, 0.4) is 0 Å². The molecule has 4 heterocycles. The van der Waals surface area contributed by atoms with E-state index in [0.717, 1.165) is 25.9 Å². The van der Waals surface area contributed by atoms with E-state index in [1.807, 2.05) is 4.90 Å². The molecule has 2 N–H and O–H groups in total. The zero-order valence-corrected chi connectivity index (χ0v) is 14.5. The minimum absolute atomic E-state index is 0.0460. The lowest BCUT2D eigenvalue weighted by Gasteiger charge is -2.28. The molecular formula is C16H19N6O2S+. The highest BCUT2D eigenvalue weighted by atomic mass is 32.2. The molecule has 130 valence electrons. The van der Waals surface area contributed by atoms with Crippen molar-refractivity contribution < 1.29 is 13.2 Å². The lowest BCUT2D eigenvalue weighted by molar-refractivity contribution is -0.650. The summed E-state index contributed by atoms with van der Waals surface area (Å²) in [5.74, 6) is 2.45. The molecule has 1 atom stereocenters. The van der Waals surface area contributed by atoms with Crippen LogP contribution in [0.1, 0.15) is 25.0 Å². The SMILES string of the molecule is NC1=N[N+]2(SCC(=O)N3CCCCC3)C=NC(c3ccco3)=NC2=C1. The van der Waals surface area contributed by atoms with Gasteiger partial charge >= 0.3 is 0 Å². The predicted molar refractivity (Wildman–Crippen MR) is 96.6 cm³/mol. The molecule has 8 nitrogen and oxygen atoms in total. The van der Waals surface area contributed by atoms with Gasteiger partial charge in [-0.05, 0) is 40.5 Å². The molecule has 9 heteroatoms. The van der Waals surface area contributed by atoms with E-state index in [9.17, 15) is 4.79 Å². The van der Waals surface area contributed by atoms with Crippen LogP contribution < -0.4 is 5.73 Å². The van der Waals surface area contributed by atoms with Gasteiger partial charge in [-0.1, -0.05) is 0 Å². The molecule has 0 spiro atoms. The number of rotatable bonds is 4. The number of piperidine rings is 1. The maximum absolute atomic E-state index is 12.5. The van der Waals surface area contributed by atoms with Gasteiger partial charge in [0, 0.05) is 13.1 Å². The zero-order valence-electron chi connectivity index (χ0n) is 13.7. The summed E-state index contributed by atoms with van der Waals surface area (Å²) >= 11 is 1.34. The Morgan fingerprint density at radius 3 is 2.96 bits per heavy atom. The minimum atomic E-state index is -0.0460. The molecule has 3 aliphatic rings. The Bertz CT molecular complexity index is 792. The summed E-state index contributed by atoms with van der Waals surface area (Å²) in [6, 6.07) is 3.58. The number of nitrogens with zero attached hydrogens (tertiary/aromatic N) is 5. The Morgan fingerprint density at radius 1 is 1.36 bits per heavy atom. The third-order valence-electron chi connectivity index (χ3n) is 4.26. The van der Waals surface area contributed by atoms with Crippen LogP contribution in [0.4, 0.5) is 0 Å². The van der Waals surface area contributed by atoms with Gasteiger partial charge in [-0.2, -0.15) is 9.98 Å². The predicted octanol–water partition coefficient (Wildman–Crippen LogP) is 1.67. The van der Waals surface area contributed by atoms with E-state index >= 15 is 0 Å². The summed E-state index contributed by atoms with van der Waals surface area (Å²) in [7, 11) is 0. The first kappa shape index (κ1) is 16.1. The van der Waals surface area contributed by atoms with E-state index in [1.54, 1.807) is 30.8 Å². The summed E-state index contributed by atoms with van der Waals surface area (Å²) in [6.45, 7) is 1.67. The molecule has 1 amide bonds. The van der Waals surface area contributed by atoms with Gasteiger partial charge in [0.15, 0.2) is 11.6 Å². The fourth-order valence-corrected chi connectivity index (χ4v) is 3.96. The van der Waals surface area contributed by atoms with Crippen LogP contribution >= 0.6 is 11.9 Å². The first-order valence-corrected chi connectivity index (χ1v) is 9.17. The highest BCUT2D eigenvalue weighted by molar-refractivity contribution is 7.94. The Kier molecular flexibility index (Phi) is 4.18. The number of aliphatic imine (C=N–C) groups is 2. The van der Waals surface area contributed by atoms with Crippen LogP contribution in [-0.2, 0) is 4.79 Å². The van der Waals surface area contributed by atoms with Crippen molar-refractivity contribution in [1.29, 1.82) is 0 Å². The summed E-state index contributed by atoms with van der Waals surface area (Å²) in [5, 5.41) is 4.42. The van der Waals surface area contributed by atoms with Crippen molar-refractivity contribution in [3.8, 4) is 0 Å². The second-order valence-electron chi connectivity index (χ2n) is 6.02. The minimum Gasteiger partial charge on any atom is -0.461 e. The molecule has 3 aliphatic heterocycles. The van der Waals surface area contributed by atoms with Crippen LogP contribution in [0, 0.1) is 0 Å². The first-order valence-electron chi connectivity index (χ1n) is 8.23. The molecule has 0 saturated carbocycles. The van der Waals surface area contributed by atoms with Crippen LogP contribution in [0.15, 0.2) is 49.8 Å². The maximum atomic E-state index is 12.5. The fourth-order valence-electron chi connectivity index (χ4n) is 2.98. The summed E-state index contributed by atoms with van der Waals surface area (Å²) in [5.41, 5.74) is 5.89. The summed E-state index contributed by atoms with van der Waals surface area (Å²) in [4.78, 5) is 23.3. The average molecular weight is 359 g/mol. The Hall–Kier alpha value is -2.39. The number of hydrogen-bond donors (Lipinski definition) is 1. The molecule has 1 fully saturated rings. The Morgan fingerprint density at radius 2 is 2.20 bits per heavy atom. The van der Waals surface area contributed by atoms with Crippen molar-refractivity contribution in [2.45, 2.75) is 19.3 Å². The van der Waals surface area contributed by atoms with E-state index in [4.69, 9.17) is 10.2 Å². The van der Waals surface area contributed by atoms with Crippen molar-refractivity contribution >= 4 is 35.9 Å². The number of hydrogen-bond acceptors (Lipinski definition) is 7. The summed E-state index contributed by atoms with van der Waals surface area (Å²) in [6.07, 6.45) is 8.26. The van der Waals surface area contributed by atoms with Crippen molar-refractivity contribution in [3.63, 3.8) is 0 Å². The van der Waals surface area contributed by atoms with Gasteiger partial charge in [0.1, 0.15) is 17.7 Å². The zero-order chi connectivity index (χ0) is 17.3. The Balaban J connectivity index is 1.50. The van der Waals surface area contributed by atoms with Gasteiger partial charge < -0.3 is 15.1 Å². The number of likely N-dealkylation sites (tertiary alicyclic amines) is 1. The molecule has 0 radical (unpaired) electrons. The van der Waals surface area contributed by atoms with Crippen molar-refractivity contribution in [3.05, 3.63) is 36.1 Å². The normalized spacial score (nSPS) is 25.3. The molecule has 0 aromatic carbocycles. The van der Waals surface area contributed by atoms with Crippen LogP contribution in [0.2, 0.25) is 0 Å². The van der Waals surface area contributed by atoms with E-state index in [0.29, 0.717) is 29.0 Å². The van der Waals surface area contributed by atoms with Crippen LogP contribution in [-0.4, -0.2) is 51.7 Å². The number of amides is 1. The van der Waals surface area contributed by atoms with E-state index < -0.39 is 0 Å². The standard InChI is InChI=1S/C16H19N6O2S/c17-13-9-14-19-16(12-5-4-8-24-12)18-11-22(14,20-13)25-10-15(23)21-6-2-1-3-7-21/h4-5,8-9,11H,1-3,6-7,10H2,(H2,17,20)/q+1. The number of quaternary nitrogens is 1. The number of nitrogens with two attached hydrogens (primary N) is 1. The Labute approximate surface area is 149 Å². The molecule has 0 bridgehead atoms. The van der Waals surface area contributed by atoms with Gasteiger partial charge in [-0.3, -0.25) is 4.79 Å². The molecule has 25 heavy (non-hydrogen) atoms. The fraction of sp³-hybridized carbons (Fsp3) is 0.375. The van der Waals surface area contributed by atoms with E-state index in [1.165, 1.54) is 18.4 Å². The van der Waals surface area contributed by atoms with Gasteiger partial charge in [0.05, 0.1) is 12.3 Å². The molecule has 1 aromatic heterocycles. The van der Waals surface area contributed by atoms with Crippen molar-refractivity contribution in [2.75, 3.05) is 18.8 Å². The molecule has 1 saturated heterocycles. The quantitative estimate of drug-likeness (QED) is 0.653. The lowest BCUT2D eigenvalue weighted by Crippen LogP contribution is -2.40. The average Bonchev–Trinajstić information content (AvgIpc) is 3.27. The largest absolute Gasteiger partial charge is 0.461 e. The molecule has 0 aliphatic carbocycles. The van der Waals surface area contributed by atoms with Gasteiger partial charge in [-0.15, -0.1) is 0 Å². The number of fused-ring (bicyclic) bond motifs is 1. The van der Waals surface area contributed by atoms with Gasteiger partial charge in [-0.25, -0.2) is 0 Å². The first-order chi connectivity index (χ1) is 12.2. The molecule has 1 unspecified atom stereocenters. The molecule has 4 rings (SSSR count). The summed E-state index contributed by atoms with van der Waals surface area (Å²) < 4.78 is 5.30. The number of furan rings is 1. The van der Waals surface area contributed by atoms with E-state index in [2.05, 4.69) is 15.1 Å². The maximum Gasteiger partial charge on any atom is 0.278 e. The van der Waals surface area contributed by atoms with Crippen LogP contribution in [0.25, 0.3) is 0 Å². The van der Waals surface area contributed by atoms with E-state index in [-0.39, 0.29) is 9.90 Å². The molecule has 1 aromatic rings. The van der Waals surface area contributed by atoms with Crippen molar-refractivity contribution in [1.82, 2.24) is 4.90 Å². The third-order valence-corrected chi connectivity index (χ3v) is 5.39. The smallest absolute Gasteiger partial charge is 0.278 e. The molecular weight excluding hydrogens is 340 g/mol. The van der Waals surface area contributed by atoms with Gasteiger partial charge in [0.25, 0.3) is 5.82 Å². The topological polar surface area (TPSA) is 96.5 Å². The number of amidine groups is 2. The second-order valence-corrected chi connectivity index (χ2v) is 7.13.